The van der Waals surface area contributed by atoms with Crippen LogP contribution in [0.3, 0.4) is 0 Å². The predicted molar refractivity (Wildman–Crippen MR) is 88.3 cm³/mol. The van der Waals surface area contributed by atoms with Gasteiger partial charge >= 0.3 is 6.55 Å². The van der Waals surface area contributed by atoms with Gasteiger partial charge in [0.15, 0.2) is 5.69 Å². The van der Waals surface area contributed by atoms with Crippen molar-refractivity contribution in [3.8, 4) is 5.75 Å². The molecule has 0 N–H and O–H groups in total. The maximum atomic E-state index is 12.6. The second-order valence-electron chi connectivity index (χ2n) is 5.78. The summed E-state index contributed by atoms with van der Waals surface area (Å²) in [5.41, 5.74) is 0.484. The van der Waals surface area contributed by atoms with Gasteiger partial charge < -0.3 is 14.5 Å². The molecule has 3 rings (SSSR count). The maximum Gasteiger partial charge on any atom is 0.333 e. The number of benzene rings is 1. The van der Waals surface area contributed by atoms with E-state index in [-0.39, 0.29) is 11.6 Å². The number of ether oxygens (including phenoxy) is 1. The van der Waals surface area contributed by atoms with Crippen LogP contribution in [0.5, 0.6) is 5.75 Å². The van der Waals surface area contributed by atoms with Crippen LogP contribution in [0.25, 0.3) is 0 Å². The topological polar surface area (TPSA) is 67.7 Å². The van der Waals surface area contributed by atoms with E-state index in [0.29, 0.717) is 42.2 Å². The lowest BCUT2D eigenvalue weighted by Crippen LogP contribution is -2.50. The van der Waals surface area contributed by atoms with Gasteiger partial charge in [0.1, 0.15) is 5.75 Å². The van der Waals surface area contributed by atoms with Crippen LogP contribution < -0.4 is 4.74 Å². The first kappa shape index (κ1) is 17.8. The third-order valence-corrected chi connectivity index (χ3v) is 4.20. The molecule has 0 bridgehead atoms. The fraction of sp³-hybridized carbons (Fsp3) is 0.353. The molecule has 0 spiro atoms. The Morgan fingerprint density at radius 3 is 2.31 bits per heavy atom. The normalized spacial score (nSPS) is 14.6. The molecule has 1 aromatic heterocycles. The highest BCUT2D eigenvalue weighted by molar-refractivity contribution is 5.95. The molecule has 1 fully saturated rings. The lowest BCUT2D eigenvalue weighted by Gasteiger charge is -2.34. The van der Waals surface area contributed by atoms with Gasteiger partial charge in [0.05, 0.1) is 7.11 Å². The number of piperazine rings is 1. The van der Waals surface area contributed by atoms with Crippen molar-refractivity contribution >= 4 is 11.8 Å². The van der Waals surface area contributed by atoms with Crippen molar-refractivity contribution in [2.24, 2.45) is 0 Å². The second-order valence-corrected chi connectivity index (χ2v) is 5.78. The van der Waals surface area contributed by atoms with Crippen molar-refractivity contribution in [1.29, 1.82) is 0 Å². The summed E-state index contributed by atoms with van der Waals surface area (Å²) < 4.78 is 30.7. The quantitative estimate of drug-likeness (QED) is 0.831. The highest BCUT2D eigenvalue weighted by atomic mass is 19.3. The summed E-state index contributed by atoms with van der Waals surface area (Å²) in [6.07, 6.45) is 1.07. The first-order valence-electron chi connectivity index (χ1n) is 8.05. The van der Waals surface area contributed by atoms with Crippen LogP contribution in [-0.4, -0.2) is 64.7 Å². The van der Waals surface area contributed by atoms with E-state index in [4.69, 9.17) is 4.74 Å². The van der Waals surface area contributed by atoms with Crippen LogP contribution in [0.2, 0.25) is 0 Å². The number of carbonyl (C=O) groups is 2. The average molecular weight is 364 g/mol. The summed E-state index contributed by atoms with van der Waals surface area (Å²) in [6, 6.07) is 8.13. The van der Waals surface area contributed by atoms with Crippen molar-refractivity contribution in [1.82, 2.24) is 19.6 Å². The van der Waals surface area contributed by atoms with Crippen molar-refractivity contribution in [2.75, 3.05) is 33.3 Å². The predicted octanol–water partition coefficient (Wildman–Crippen LogP) is 1.89. The van der Waals surface area contributed by atoms with Crippen molar-refractivity contribution in [3.05, 3.63) is 47.8 Å². The highest BCUT2D eigenvalue weighted by Crippen LogP contribution is 2.16. The summed E-state index contributed by atoms with van der Waals surface area (Å²) >= 11 is 0. The third kappa shape index (κ3) is 3.66. The Bertz CT molecular complexity index is 801. The minimum absolute atomic E-state index is 0.0297. The summed E-state index contributed by atoms with van der Waals surface area (Å²) in [5, 5.41) is 3.59. The Hall–Kier alpha value is -2.97. The number of hydrogen-bond acceptors (Lipinski definition) is 4. The van der Waals surface area contributed by atoms with Crippen LogP contribution in [-0.2, 0) is 0 Å². The molecular formula is C17H18F2N4O3. The van der Waals surface area contributed by atoms with Crippen LogP contribution >= 0.6 is 0 Å². The number of amides is 2. The van der Waals surface area contributed by atoms with Crippen LogP contribution in [0.1, 0.15) is 27.4 Å². The van der Waals surface area contributed by atoms with Gasteiger partial charge in [-0.15, -0.1) is 0 Å². The van der Waals surface area contributed by atoms with E-state index in [2.05, 4.69) is 5.10 Å². The van der Waals surface area contributed by atoms with Gasteiger partial charge in [-0.3, -0.25) is 9.59 Å². The largest absolute Gasteiger partial charge is 0.497 e. The van der Waals surface area contributed by atoms with Crippen LogP contribution in [0.15, 0.2) is 36.5 Å². The zero-order valence-corrected chi connectivity index (χ0v) is 14.1. The molecular weight excluding hydrogens is 346 g/mol. The molecule has 1 saturated heterocycles. The SMILES string of the molecule is COc1cccc(C(=O)N2CCN(C(=O)c3ccn(C(F)F)n3)CC2)c1. The Morgan fingerprint density at radius 1 is 1.08 bits per heavy atom. The molecule has 0 atom stereocenters. The highest BCUT2D eigenvalue weighted by Gasteiger charge is 2.27. The molecule has 0 unspecified atom stereocenters. The monoisotopic (exact) mass is 364 g/mol. The molecule has 138 valence electrons. The number of alkyl halides is 2. The van der Waals surface area contributed by atoms with Crippen molar-refractivity contribution < 1.29 is 23.1 Å². The number of aromatic nitrogens is 2. The van der Waals surface area contributed by atoms with Crippen LogP contribution in [0, 0.1) is 0 Å². The Morgan fingerprint density at radius 2 is 1.73 bits per heavy atom. The van der Waals surface area contributed by atoms with Gasteiger partial charge in [0.2, 0.25) is 0 Å². The van der Waals surface area contributed by atoms with Gasteiger partial charge in [-0.05, 0) is 24.3 Å². The van der Waals surface area contributed by atoms with Gasteiger partial charge in [0, 0.05) is 37.9 Å². The second kappa shape index (κ2) is 7.51. The van der Waals surface area contributed by atoms with E-state index in [9.17, 15) is 18.4 Å². The maximum absolute atomic E-state index is 12.6. The van der Waals surface area contributed by atoms with Crippen LogP contribution in [0.4, 0.5) is 8.78 Å². The zero-order valence-electron chi connectivity index (χ0n) is 14.1. The number of hydrogen-bond donors (Lipinski definition) is 0. The standard InChI is InChI=1S/C17H18F2N4O3/c1-26-13-4-2-3-12(11-13)15(24)21-7-9-22(10-8-21)16(25)14-5-6-23(20-14)17(18)19/h2-6,11,17H,7-10H2,1H3. The molecule has 9 heteroatoms. The molecule has 1 aliphatic rings. The van der Waals surface area contributed by atoms with E-state index in [1.807, 2.05) is 0 Å². The molecule has 2 heterocycles. The van der Waals surface area contributed by atoms with Crippen molar-refractivity contribution in [2.45, 2.75) is 6.55 Å². The van der Waals surface area contributed by atoms with Gasteiger partial charge in [-0.1, -0.05) is 6.07 Å². The van der Waals surface area contributed by atoms with Gasteiger partial charge in [-0.25, -0.2) is 4.68 Å². The van der Waals surface area contributed by atoms with E-state index in [1.54, 1.807) is 29.2 Å². The lowest BCUT2D eigenvalue weighted by atomic mass is 10.1. The lowest BCUT2D eigenvalue weighted by molar-refractivity contribution is 0.0501. The number of carbonyl (C=O) groups excluding carboxylic acids is 2. The summed E-state index contributed by atoms with van der Waals surface area (Å²) in [4.78, 5) is 28.1. The molecule has 2 aromatic rings. The zero-order chi connectivity index (χ0) is 18.7. The number of halogens is 2. The Kier molecular flexibility index (Phi) is 5.15. The summed E-state index contributed by atoms with van der Waals surface area (Å²) in [7, 11) is 1.53. The smallest absolute Gasteiger partial charge is 0.333 e. The molecule has 1 aromatic carbocycles. The van der Waals surface area contributed by atoms with Gasteiger partial charge in [0.25, 0.3) is 11.8 Å². The minimum atomic E-state index is -2.78. The Labute approximate surface area is 148 Å². The summed E-state index contributed by atoms with van der Waals surface area (Å²) in [5.74, 6) is 0.0372. The minimum Gasteiger partial charge on any atom is -0.497 e. The molecule has 0 saturated carbocycles. The molecule has 0 aliphatic carbocycles. The molecule has 1 aliphatic heterocycles. The Balaban J connectivity index is 1.61. The number of rotatable bonds is 4. The molecule has 0 radical (unpaired) electrons. The average Bonchev–Trinajstić information content (AvgIpc) is 3.17. The number of methoxy groups -OCH3 is 1. The van der Waals surface area contributed by atoms with E-state index in [0.717, 1.165) is 6.20 Å². The van der Waals surface area contributed by atoms with E-state index >= 15 is 0 Å². The first-order valence-corrected chi connectivity index (χ1v) is 8.05. The molecule has 2 amide bonds. The fourth-order valence-electron chi connectivity index (χ4n) is 2.77. The van der Waals surface area contributed by atoms with E-state index < -0.39 is 12.5 Å². The molecule has 26 heavy (non-hydrogen) atoms. The van der Waals surface area contributed by atoms with Crippen molar-refractivity contribution in [3.63, 3.8) is 0 Å². The third-order valence-electron chi connectivity index (χ3n) is 4.20. The molecule has 7 nitrogen and oxygen atoms in total. The summed E-state index contributed by atoms with van der Waals surface area (Å²) in [6.45, 7) is -1.44. The van der Waals surface area contributed by atoms with Gasteiger partial charge in [-0.2, -0.15) is 13.9 Å². The van der Waals surface area contributed by atoms with E-state index in [1.165, 1.54) is 18.1 Å². The fourth-order valence-corrected chi connectivity index (χ4v) is 2.77. The first-order chi connectivity index (χ1) is 12.5. The number of nitrogens with zero attached hydrogens (tertiary/aromatic N) is 4.